The van der Waals surface area contributed by atoms with Gasteiger partial charge in [0.2, 0.25) is 0 Å². The molecule has 4 nitrogen and oxygen atoms in total. The maximum absolute atomic E-state index is 2.72. The third-order valence-corrected chi connectivity index (χ3v) is 18.6. The van der Waals surface area contributed by atoms with E-state index in [1.807, 2.05) is 23.5 Å². The van der Waals surface area contributed by atoms with Gasteiger partial charge in [0.15, 0.2) is 0 Å². The number of benzene rings is 7. The van der Waals surface area contributed by atoms with Crippen LogP contribution in [0.1, 0.15) is 126 Å². The van der Waals surface area contributed by atoms with Gasteiger partial charge < -0.3 is 18.6 Å². The first-order valence-corrected chi connectivity index (χ1v) is 26.5. The van der Waals surface area contributed by atoms with Crippen LogP contribution in [0.5, 0.6) is 0 Å². The zero-order valence-electron chi connectivity index (χ0n) is 42.2. The number of aromatic nitrogens is 2. The van der Waals surface area contributed by atoms with Gasteiger partial charge in [-0.25, -0.2) is 0 Å². The Kier molecular flexibility index (Phi) is 8.84. The number of fused-ring (bicyclic) bond motifs is 20. The van der Waals surface area contributed by atoms with E-state index in [9.17, 15) is 0 Å². The molecule has 6 heterocycles. The fourth-order valence-electron chi connectivity index (χ4n) is 12.2. The quantitative estimate of drug-likeness (QED) is 0.161. The Labute approximate surface area is 411 Å². The molecule has 68 heavy (non-hydrogen) atoms. The predicted octanol–water partition coefficient (Wildman–Crippen LogP) is 15.7. The lowest BCUT2D eigenvalue weighted by Crippen LogP contribution is -2.52. The van der Waals surface area contributed by atoms with Crippen LogP contribution < -0.4 is 20.5 Å². The van der Waals surface area contributed by atoms with E-state index in [0.29, 0.717) is 11.8 Å². The van der Waals surface area contributed by atoms with E-state index in [1.165, 1.54) is 141 Å². The van der Waals surface area contributed by atoms with Crippen LogP contribution in [0, 0.1) is 27.7 Å². The second kappa shape index (κ2) is 14.1. The molecule has 0 unspecified atom stereocenters. The Morgan fingerprint density at radius 2 is 0.838 bits per heavy atom. The van der Waals surface area contributed by atoms with Crippen LogP contribution in [0.4, 0.5) is 22.7 Å². The first kappa shape index (κ1) is 42.7. The molecule has 4 aliphatic rings. The minimum atomic E-state index is -0.0781. The van der Waals surface area contributed by atoms with Gasteiger partial charge >= 0.3 is 14.0 Å². The van der Waals surface area contributed by atoms with Crippen molar-refractivity contribution < 1.29 is 0 Å². The standard InChI is InChI=1S/C60H60B2N4S2/c1-31(2)37-15-19-45-41(25-37)55-35(7)33(5)23-49-57(55)65(45)61-43-29-52-44(30-51(43)67-53-27-39(59(9,10)11)17-21-47(53)63(49)61)62-64(48-22-18-40(60(12,13)14)28-54(48)68-52)50-24-34(6)36(8)56-42-26-38(32(3)4)16-20-46(42)66(62)58(50)56/h15-32H,1-14H3. The summed E-state index contributed by atoms with van der Waals surface area (Å²) in [6, 6.07) is 39.6. The van der Waals surface area contributed by atoms with Gasteiger partial charge in [-0.05, 0) is 179 Å². The van der Waals surface area contributed by atoms with Gasteiger partial charge in [-0.1, -0.05) is 117 Å². The summed E-state index contributed by atoms with van der Waals surface area (Å²) in [6.07, 6.45) is 0. The Hall–Kier alpha value is -5.43. The van der Waals surface area contributed by atoms with Gasteiger partial charge in [0.05, 0.1) is 22.4 Å². The van der Waals surface area contributed by atoms with Crippen molar-refractivity contribution in [1.82, 2.24) is 8.96 Å². The lowest BCUT2D eigenvalue weighted by Gasteiger charge is -2.29. The van der Waals surface area contributed by atoms with Crippen LogP contribution in [-0.4, -0.2) is 22.9 Å². The van der Waals surface area contributed by atoms with Gasteiger partial charge in [-0.15, -0.1) is 0 Å². The first-order chi connectivity index (χ1) is 32.3. The van der Waals surface area contributed by atoms with Crippen LogP contribution in [0.15, 0.2) is 117 Å². The van der Waals surface area contributed by atoms with Gasteiger partial charge in [-0.3, -0.25) is 0 Å². The van der Waals surface area contributed by atoms with E-state index in [2.05, 4.69) is 213 Å². The summed E-state index contributed by atoms with van der Waals surface area (Å²) in [4.78, 5) is 10.7. The number of nitrogens with zero attached hydrogens (tertiary/aromatic N) is 4. The third-order valence-electron chi connectivity index (χ3n) is 16.3. The van der Waals surface area contributed by atoms with Gasteiger partial charge in [0.1, 0.15) is 0 Å². The zero-order valence-corrected chi connectivity index (χ0v) is 43.8. The topological polar surface area (TPSA) is 16.3 Å². The Morgan fingerprint density at radius 3 is 1.21 bits per heavy atom. The summed E-state index contributed by atoms with van der Waals surface area (Å²) in [5.74, 6) is 0.889. The van der Waals surface area contributed by atoms with Crippen molar-refractivity contribution in [3.63, 3.8) is 0 Å². The molecular weight excluding hydrogens is 862 g/mol. The van der Waals surface area contributed by atoms with E-state index >= 15 is 0 Å². The smallest absolute Gasteiger partial charge is 0.359 e. The van der Waals surface area contributed by atoms with Crippen molar-refractivity contribution in [2.45, 2.75) is 139 Å². The lowest BCUT2D eigenvalue weighted by atomic mass is 9.61. The van der Waals surface area contributed by atoms with Crippen molar-refractivity contribution in [3.8, 4) is 0 Å². The molecule has 8 heteroatoms. The molecule has 4 aliphatic heterocycles. The molecule has 338 valence electrons. The summed E-state index contributed by atoms with van der Waals surface area (Å²) in [5.41, 5.74) is 24.2. The van der Waals surface area contributed by atoms with E-state index in [4.69, 9.17) is 0 Å². The molecule has 2 aromatic heterocycles. The van der Waals surface area contributed by atoms with Crippen LogP contribution in [0.2, 0.25) is 0 Å². The van der Waals surface area contributed by atoms with Crippen molar-refractivity contribution in [2.24, 2.45) is 0 Å². The number of hydrogen-bond donors (Lipinski definition) is 0. The second-order valence-corrected chi connectivity index (χ2v) is 25.4. The first-order valence-electron chi connectivity index (χ1n) is 24.9. The molecule has 0 fully saturated rings. The van der Waals surface area contributed by atoms with Gasteiger partial charge in [-0.2, -0.15) is 0 Å². The second-order valence-electron chi connectivity index (χ2n) is 23.2. The highest BCUT2D eigenvalue weighted by atomic mass is 32.2. The van der Waals surface area contributed by atoms with Gasteiger partial charge in [0.25, 0.3) is 0 Å². The molecule has 0 radical (unpaired) electrons. The fraction of sp³-hybridized carbons (Fsp3) is 0.300. The highest BCUT2D eigenvalue weighted by Crippen LogP contribution is 2.55. The largest absolute Gasteiger partial charge is 0.422 e. The highest BCUT2D eigenvalue weighted by molar-refractivity contribution is 8.00. The van der Waals surface area contributed by atoms with E-state index in [-0.39, 0.29) is 24.8 Å². The molecule has 0 aliphatic carbocycles. The average molecular weight is 923 g/mol. The minimum absolute atomic E-state index is 0.00319. The summed E-state index contributed by atoms with van der Waals surface area (Å²) in [7, 11) is 0. The molecule has 0 saturated carbocycles. The number of hydrogen-bond acceptors (Lipinski definition) is 4. The van der Waals surface area contributed by atoms with E-state index in [0.717, 1.165) is 0 Å². The molecule has 0 bridgehead atoms. The van der Waals surface area contributed by atoms with E-state index in [1.54, 1.807) is 0 Å². The summed E-state index contributed by atoms with van der Waals surface area (Å²) >= 11 is 3.96. The van der Waals surface area contributed by atoms with Crippen LogP contribution >= 0.6 is 23.5 Å². The monoisotopic (exact) mass is 922 g/mol. The molecule has 13 rings (SSSR count). The molecule has 0 saturated heterocycles. The molecule has 0 atom stereocenters. The number of aryl methyl sites for hydroxylation is 4. The molecular formula is C60H60B2N4S2. The number of rotatable bonds is 2. The zero-order chi connectivity index (χ0) is 47.4. The van der Waals surface area contributed by atoms with E-state index < -0.39 is 0 Å². The number of anilines is 4. The van der Waals surface area contributed by atoms with Crippen LogP contribution in [0.25, 0.3) is 43.6 Å². The molecule has 0 N–H and O–H groups in total. The van der Waals surface area contributed by atoms with Gasteiger partial charge in [0, 0.05) is 63.5 Å². The Morgan fingerprint density at radius 1 is 0.441 bits per heavy atom. The van der Waals surface area contributed by atoms with Crippen molar-refractivity contribution >= 4 is 115 Å². The maximum Gasteiger partial charge on any atom is 0.422 e. The van der Waals surface area contributed by atoms with Crippen LogP contribution in [-0.2, 0) is 10.8 Å². The summed E-state index contributed by atoms with van der Waals surface area (Å²) < 4.78 is 5.45. The Bertz CT molecular complexity index is 3500. The summed E-state index contributed by atoms with van der Waals surface area (Å²) in [5, 5.41) is 5.54. The normalized spacial score (nSPS) is 14.9. The molecule has 0 spiro atoms. The summed E-state index contributed by atoms with van der Waals surface area (Å²) in [6.45, 7) is 32.5. The molecule has 0 amide bonds. The average Bonchev–Trinajstić information content (AvgIpc) is 3.95. The van der Waals surface area contributed by atoms with Crippen molar-refractivity contribution in [3.05, 3.63) is 142 Å². The van der Waals surface area contributed by atoms with Crippen molar-refractivity contribution in [1.29, 1.82) is 0 Å². The van der Waals surface area contributed by atoms with Crippen LogP contribution in [0.3, 0.4) is 0 Å². The minimum Gasteiger partial charge on any atom is -0.359 e. The predicted molar refractivity (Wildman–Crippen MR) is 297 cm³/mol. The maximum atomic E-state index is 2.72. The third kappa shape index (κ3) is 5.68. The fourth-order valence-corrected chi connectivity index (χ4v) is 14.5. The molecule has 7 aromatic carbocycles. The Balaban J connectivity index is 1.15. The SMILES string of the molecule is Cc1cc2c3c(c1C)c1cc(C(C)C)ccc1n3B1c3cc4c(cc3Sc3cc(C(C)(C)C)ccc3N12)B1N(c2ccc(C(C)(C)C)cc2S4)c2cc(C)c(C)c3c4cc(C(C)C)ccc4n1c23. The lowest BCUT2D eigenvalue weighted by molar-refractivity contribution is 0.588. The molecule has 9 aromatic rings. The van der Waals surface area contributed by atoms with Crippen molar-refractivity contribution in [2.75, 3.05) is 9.62 Å². The highest BCUT2D eigenvalue weighted by Gasteiger charge is 2.49.